The van der Waals surface area contributed by atoms with E-state index < -0.39 is 18.1 Å². The van der Waals surface area contributed by atoms with Crippen molar-refractivity contribution in [3.05, 3.63) is 48.6 Å². The van der Waals surface area contributed by atoms with Crippen LogP contribution in [-0.2, 0) is 28.6 Å². The van der Waals surface area contributed by atoms with Gasteiger partial charge in [0, 0.05) is 19.3 Å². The van der Waals surface area contributed by atoms with Crippen molar-refractivity contribution in [2.24, 2.45) is 0 Å². The summed E-state index contributed by atoms with van der Waals surface area (Å²) in [5.74, 6) is -1.76. The molecule has 55 heavy (non-hydrogen) atoms. The number of carbonyl (C=O) groups is 3. The summed E-state index contributed by atoms with van der Waals surface area (Å²) >= 11 is 0. The number of aliphatic carboxylic acids is 1. The number of quaternary nitrogens is 1. The molecule has 0 aromatic carbocycles. The largest absolute Gasteiger partial charge is 0.544 e. The predicted molar refractivity (Wildman–Crippen MR) is 226 cm³/mol. The van der Waals surface area contributed by atoms with Crippen molar-refractivity contribution in [2.45, 2.75) is 193 Å². The standard InChI is InChI=1S/C47H83NO7/c1-6-8-10-12-14-16-18-20-22-23-24-26-28-30-32-34-36-38-46(50)55-43(41-53-40-39-44(47(51)52)48(3,4)5)42-54-45(49)37-35-33-31-29-27-25-21-19-17-15-13-11-9-7-2/h8,10,14,16,19-22,43-44H,6-7,9,11-13,15,17-18,23-42H2,1-5H3/b10-8-,16-14-,21-19-,22-20-. The Kier molecular flexibility index (Phi) is 36.3. The molecule has 8 heteroatoms. The molecule has 0 fully saturated rings. The molecule has 0 N–H and O–H groups in total. The Balaban J connectivity index is 4.37. The Hall–Kier alpha value is -2.71. The van der Waals surface area contributed by atoms with E-state index in [-0.39, 0.29) is 42.7 Å². The highest BCUT2D eigenvalue weighted by atomic mass is 16.6. The molecule has 8 nitrogen and oxygen atoms in total. The van der Waals surface area contributed by atoms with Crippen LogP contribution >= 0.6 is 0 Å². The quantitative estimate of drug-likeness (QED) is 0.0265. The van der Waals surface area contributed by atoms with Gasteiger partial charge in [0.25, 0.3) is 0 Å². The number of ether oxygens (including phenoxy) is 3. The average Bonchev–Trinajstić information content (AvgIpc) is 3.14. The summed E-state index contributed by atoms with van der Waals surface area (Å²) in [4.78, 5) is 36.8. The minimum absolute atomic E-state index is 0.0335. The number of unbranched alkanes of at least 4 members (excludes halogenated alkanes) is 17. The first-order chi connectivity index (χ1) is 26.6. The summed E-state index contributed by atoms with van der Waals surface area (Å²) in [6.45, 7) is 4.52. The molecule has 0 spiro atoms. The van der Waals surface area contributed by atoms with Gasteiger partial charge < -0.3 is 28.6 Å². The molecule has 0 aromatic heterocycles. The molecule has 0 aliphatic heterocycles. The van der Waals surface area contributed by atoms with Crippen LogP contribution in [0.4, 0.5) is 0 Å². The molecule has 2 unspecified atom stereocenters. The van der Waals surface area contributed by atoms with Gasteiger partial charge >= 0.3 is 11.9 Å². The molecular weight excluding hydrogens is 691 g/mol. The predicted octanol–water partition coefficient (Wildman–Crippen LogP) is 10.7. The second-order valence-corrected chi connectivity index (χ2v) is 15.9. The van der Waals surface area contributed by atoms with Crippen molar-refractivity contribution in [1.29, 1.82) is 0 Å². The SMILES string of the molecule is CC/C=C\C/C=C\C/C=C\CCCCCCCCCC(=O)OC(COCCC(C(=O)[O-])[N+](C)(C)C)COC(=O)CCCCCCC/C=C\CCCCCCC. The highest BCUT2D eigenvalue weighted by Crippen LogP contribution is 2.13. The minimum atomic E-state index is -1.13. The fraction of sp³-hybridized carbons (Fsp3) is 0.766. The van der Waals surface area contributed by atoms with Gasteiger partial charge in [0.05, 0.1) is 40.3 Å². The first-order valence-corrected chi connectivity index (χ1v) is 22.2. The van der Waals surface area contributed by atoms with Gasteiger partial charge in [0.1, 0.15) is 12.6 Å². The van der Waals surface area contributed by atoms with Crippen molar-refractivity contribution >= 4 is 17.9 Å². The molecule has 0 aromatic rings. The van der Waals surface area contributed by atoms with Gasteiger partial charge in [-0.05, 0) is 70.6 Å². The second-order valence-electron chi connectivity index (χ2n) is 15.9. The number of esters is 2. The first kappa shape index (κ1) is 52.3. The Morgan fingerprint density at radius 2 is 1.02 bits per heavy atom. The number of hydrogen-bond acceptors (Lipinski definition) is 7. The van der Waals surface area contributed by atoms with Crippen LogP contribution in [0.25, 0.3) is 0 Å². The molecule has 0 radical (unpaired) electrons. The minimum Gasteiger partial charge on any atom is -0.544 e. The van der Waals surface area contributed by atoms with Crippen molar-refractivity contribution in [2.75, 3.05) is 41.0 Å². The van der Waals surface area contributed by atoms with E-state index in [0.29, 0.717) is 12.8 Å². The summed E-state index contributed by atoms with van der Waals surface area (Å²) in [5.41, 5.74) is 0. The zero-order chi connectivity index (χ0) is 40.7. The summed E-state index contributed by atoms with van der Waals surface area (Å²) in [6, 6.07) is -0.729. The number of nitrogens with zero attached hydrogens (tertiary/aromatic N) is 1. The maximum absolute atomic E-state index is 12.7. The Labute approximate surface area is 337 Å². The van der Waals surface area contributed by atoms with Crippen LogP contribution in [0.1, 0.15) is 181 Å². The van der Waals surface area contributed by atoms with Crippen LogP contribution in [0.2, 0.25) is 0 Å². The van der Waals surface area contributed by atoms with E-state index in [2.05, 4.69) is 62.5 Å². The van der Waals surface area contributed by atoms with Crippen LogP contribution in [-0.4, -0.2) is 75.5 Å². The number of allylic oxidation sites excluding steroid dienone is 8. The van der Waals surface area contributed by atoms with E-state index in [9.17, 15) is 19.5 Å². The average molecular weight is 774 g/mol. The molecule has 0 saturated carbocycles. The number of rotatable bonds is 39. The lowest BCUT2D eigenvalue weighted by molar-refractivity contribution is -0.889. The molecule has 0 amide bonds. The highest BCUT2D eigenvalue weighted by molar-refractivity contribution is 5.70. The second kappa shape index (κ2) is 38.2. The lowest BCUT2D eigenvalue weighted by Gasteiger charge is -2.34. The molecule has 0 bridgehead atoms. The number of hydrogen-bond donors (Lipinski definition) is 0. The fourth-order valence-electron chi connectivity index (χ4n) is 6.26. The summed E-state index contributed by atoms with van der Waals surface area (Å²) in [7, 11) is 5.40. The third-order valence-electron chi connectivity index (χ3n) is 9.70. The third-order valence-corrected chi connectivity index (χ3v) is 9.70. The Morgan fingerprint density at radius 3 is 1.53 bits per heavy atom. The van der Waals surface area contributed by atoms with E-state index in [1.54, 1.807) is 21.1 Å². The molecule has 318 valence electrons. The van der Waals surface area contributed by atoms with E-state index in [1.165, 1.54) is 64.2 Å². The molecule has 0 rings (SSSR count). The molecule has 0 saturated heterocycles. The maximum atomic E-state index is 12.7. The van der Waals surface area contributed by atoms with Crippen molar-refractivity contribution in [3.63, 3.8) is 0 Å². The Bertz CT molecular complexity index is 1040. The van der Waals surface area contributed by atoms with Crippen LogP contribution < -0.4 is 5.11 Å². The molecule has 0 aliphatic carbocycles. The zero-order valence-electron chi connectivity index (χ0n) is 36.1. The number of carbonyl (C=O) groups excluding carboxylic acids is 3. The van der Waals surface area contributed by atoms with Crippen molar-refractivity contribution in [3.8, 4) is 0 Å². The van der Waals surface area contributed by atoms with Crippen LogP contribution in [0.5, 0.6) is 0 Å². The Morgan fingerprint density at radius 1 is 0.564 bits per heavy atom. The molecule has 0 aliphatic rings. The van der Waals surface area contributed by atoms with Crippen molar-refractivity contribution in [1.82, 2.24) is 0 Å². The lowest BCUT2D eigenvalue weighted by atomic mass is 10.1. The van der Waals surface area contributed by atoms with E-state index >= 15 is 0 Å². The van der Waals surface area contributed by atoms with Crippen molar-refractivity contribution < 1.29 is 38.2 Å². The van der Waals surface area contributed by atoms with Gasteiger partial charge in [-0.15, -0.1) is 0 Å². The number of carboxylic acid groups (broad SMARTS) is 1. The van der Waals surface area contributed by atoms with Crippen LogP contribution in [0, 0.1) is 0 Å². The van der Waals surface area contributed by atoms with Gasteiger partial charge in [0.15, 0.2) is 6.10 Å². The first-order valence-electron chi connectivity index (χ1n) is 22.2. The topological polar surface area (TPSA) is 102 Å². The smallest absolute Gasteiger partial charge is 0.306 e. The van der Waals surface area contributed by atoms with E-state index in [1.807, 2.05) is 0 Å². The number of likely N-dealkylation sites (N-methyl/N-ethyl adjacent to an activating group) is 1. The normalized spacial score (nSPS) is 13.4. The van der Waals surface area contributed by atoms with Gasteiger partial charge in [-0.25, -0.2) is 0 Å². The fourth-order valence-corrected chi connectivity index (χ4v) is 6.26. The summed E-state index contributed by atoms with van der Waals surface area (Å²) < 4.78 is 17.2. The van der Waals surface area contributed by atoms with E-state index in [0.717, 1.165) is 83.5 Å². The lowest BCUT2D eigenvalue weighted by Crippen LogP contribution is -2.55. The van der Waals surface area contributed by atoms with Gasteiger partial charge in [-0.2, -0.15) is 0 Å². The summed E-state index contributed by atoms with van der Waals surface area (Å²) in [6.07, 6.45) is 44.1. The zero-order valence-corrected chi connectivity index (χ0v) is 36.1. The molecule has 0 heterocycles. The van der Waals surface area contributed by atoms with Gasteiger partial charge in [-0.1, -0.05) is 140 Å². The van der Waals surface area contributed by atoms with Gasteiger partial charge in [-0.3, -0.25) is 9.59 Å². The maximum Gasteiger partial charge on any atom is 0.306 e. The monoisotopic (exact) mass is 774 g/mol. The highest BCUT2D eigenvalue weighted by Gasteiger charge is 2.25. The summed E-state index contributed by atoms with van der Waals surface area (Å²) in [5, 5.41) is 11.6. The number of carboxylic acids is 1. The van der Waals surface area contributed by atoms with Crippen LogP contribution in [0.3, 0.4) is 0 Å². The molecular formula is C47H83NO7. The van der Waals surface area contributed by atoms with E-state index in [4.69, 9.17) is 14.2 Å². The van der Waals surface area contributed by atoms with Crippen LogP contribution in [0.15, 0.2) is 48.6 Å². The third kappa shape index (κ3) is 36.7. The molecule has 2 atom stereocenters. The van der Waals surface area contributed by atoms with Gasteiger partial charge in [0.2, 0.25) is 0 Å².